The van der Waals surface area contributed by atoms with Crippen molar-refractivity contribution in [1.82, 2.24) is 0 Å². The summed E-state index contributed by atoms with van der Waals surface area (Å²) in [5, 5.41) is 7.34. The van der Waals surface area contributed by atoms with Gasteiger partial charge in [-0.25, -0.2) is 0 Å². The van der Waals surface area contributed by atoms with Crippen LogP contribution in [0.3, 0.4) is 0 Å². The van der Waals surface area contributed by atoms with E-state index in [4.69, 9.17) is 0 Å². The van der Waals surface area contributed by atoms with Gasteiger partial charge in [-0.15, -0.1) is 0 Å². The molecule has 0 spiro atoms. The molecule has 0 N–H and O–H groups in total. The molecule has 12 aromatic carbocycles. The van der Waals surface area contributed by atoms with Crippen molar-refractivity contribution in [2.75, 3.05) is 0 Å². The maximum Gasteiger partial charge on any atom is -0.00199 e. The molecule has 0 saturated heterocycles. The first-order chi connectivity index (χ1) is 32.7. The zero-order valence-electron chi connectivity index (χ0n) is 36.4. The van der Waals surface area contributed by atoms with Crippen LogP contribution < -0.4 is 0 Å². The topological polar surface area (TPSA) is 0 Å². The fourth-order valence-corrected chi connectivity index (χ4v) is 10.1. The summed E-state index contributed by atoms with van der Waals surface area (Å²) in [5.41, 5.74) is 19.2. The minimum atomic E-state index is 1.18. The number of hydrogen-bond donors (Lipinski definition) is 0. The third-order valence-electron chi connectivity index (χ3n) is 13.2. The Bertz CT molecular complexity index is 3470. The molecular formula is C66H44. The zero-order chi connectivity index (χ0) is 43.8. The van der Waals surface area contributed by atoms with Crippen LogP contribution >= 0.6 is 0 Å². The van der Waals surface area contributed by atoms with Gasteiger partial charge >= 0.3 is 0 Å². The molecule has 66 heavy (non-hydrogen) atoms. The number of fused-ring (bicyclic) bond motifs is 3. The normalized spacial score (nSPS) is 11.3. The second-order valence-electron chi connectivity index (χ2n) is 17.2. The van der Waals surface area contributed by atoms with E-state index in [1.54, 1.807) is 0 Å². The third kappa shape index (κ3) is 7.16. The highest BCUT2D eigenvalue weighted by atomic mass is 14.3. The summed E-state index contributed by atoms with van der Waals surface area (Å²) in [6.45, 7) is 0. The zero-order valence-corrected chi connectivity index (χ0v) is 36.4. The van der Waals surface area contributed by atoms with E-state index in [-0.39, 0.29) is 0 Å². The maximum atomic E-state index is 2.44. The van der Waals surface area contributed by atoms with Gasteiger partial charge in [-0.2, -0.15) is 0 Å². The number of benzene rings is 12. The molecule has 0 nitrogen and oxygen atoms in total. The minimum absolute atomic E-state index is 1.18. The van der Waals surface area contributed by atoms with Crippen LogP contribution in [-0.2, 0) is 0 Å². The largest absolute Gasteiger partial charge is 0.0622 e. The molecule has 0 fully saturated rings. The molecule has 0 heteroatoms. The lowest BCUT2D eigenvalue weighted by molar-refractivity contribution is 1.56. The van der Waals surface area contributed by atoms with Crippen LogP contribution in [0, 0.1) is 0 Å². The molecule has 0 radical (unpaired) electrons. The van der Waals surface area contributed by atoms with Gasteiger partial charge in [0.2, 0.25) is 0 Å². The number of rotatable bonds is 8. The van der Waals surface area contributed by atoms with Crippen molar-refractivity contribution >= 4 is 32.3 Å². The highest BCUT2D eigenvalue weighted by molar-refractivity contribution is 6.25. The molecule has 12 aromatic rings. The lowest BCUT2D eigenvalue weighted by Gasteiger charge is -2.23. The van der Waals surface area contributed by atoms with Crippen LogP contribution in [0.1, 0.15) is 0 Å². The van der Waals surface area contributed by atoms with Crippen molar-refractivity contribution in [3.8, 4) is 89.0 Å². The van der Waals surface area contributed by atoms with Gasteiger partial charge < -0.3 is 0 Å². The van der Waals surface area contributed by atoms with Gasteiger partial charge in [-0.3, -0.25) is 0 Å². The smallest absolute Gasteiger partial charge is 0.00199 e. The van der Waals surface area contributed by atoms with Gasteiger partial charge in [0.25, 0.3) is 0 Å². The first-order valence-electron chi connectivity index (χ1n) is 22.8. The van der Waals surface area contributed by atoms with E-state index in [9.17, 15) is 0 Å². The Morgan fingerprint density at radius 1 is 0.152 bits per heavy atom. The molecule has 0 unspecified atom stereocenters. The quantitative estimate of drug-likeness (QED) is 0.134. The lowest BCUT2D eigenvalue weighted by Crippen LogP contribution is -1.96. The van der Waals surface area contributed by atoms with Gasteiger partial charge in [-0.05, 0) is 158 Å². The summed E-state index contributed by atoms with van der Waals surface area (Å²) in [6.07, 6.45) is 0. The van der Waals surface area contributed by atoms with Crippen molar-refractivity contribution in [2.45, 2.75) is 0 Å². The van der Waals surface area contributed by atoms with Crippen LogP contribution in [0.5, 0.6) is 0 Å². The average molecular weight is 837 g/mol. The standard InChI is InChI=1S/C66H44/c1-5-19-45(20-6-1)49-29-17-31-55(39-49)61-41-53(47-23-9-3-10-24-47)35-37-59(61)65-57-33-15-16-34-58(57)66(64-44-52-28-14-13-27-51(52)43-63(64)65)60-38-36-54(48-25-11-4-12-26-48)42-62(60)56-32-18-30-50(40-56)46-21-7-2-8-22-46/h1-44H. The van der Waals surface area contributed by atoms with E-state index in [0.717, 1.165) is 0 Å². The Hall–Kier alpha value is -8.58. The Kier molecular flexibility index (Phi) is 9.97. The molecule has 0 heterocycles. The molecule has 0 aliphatic heterocycles. The minimum Gasteiger partial charge on any atom is -0.0622 e. The highest BCUT2D eigenvalue weighted by Crippen LogP contribution is 2.50. The fraction of sp³-hybridized carbons (Fsp3) is 0. The SMILES string of the molecule is c1ccc(-c2cccc(-c3cc(-c4ccccc4)ccc3-c3c4ccccc4c(-c4ccc(-c5ccccc5)cc4-c4cccc(-c5ccccc5)c4)c4cc5ccccc5cc34)c2)cc1. The average Bonchev–Trinajstić information content (AvgIpc) is 3.40. The summed E-state index contributed by atoms with van der Waals surface area (Å²) in [4.78, 5) is 0. The lowest BCUT2D eigenvalue weighted by atomic mass is 9.80. The summed E-state index contributed by atoms with van der Waals surface area (Å²) in [5.74, 6) is 0. The van der Waals surface area contributed by atoms with E-state index in [1.807, 2.05) is 0 Å². The van der Waals surface area contributed by atoms with Crippen molar-refractivity contribution in [3.05, 3.63) is 267 Å². The van der Waals surface area contributed by atoms with Gasteiger partial charge in [0, 0.05) is 0 Å². The Labute approximate surface area is 386 Å². The molecule has 0 aliphatic carbocycles. The van der Waals surface area contributed by atoms with Crippen LogP contribution in [-0.4, -0.2) is 0 Å². The summed E-state index contributed by atoms with van der Waals surface area (Å²) >= 11 is 0. The van der Waals surface area contributed by atoms with Crippen LogP contribution in [0.25, 0.3) is 121 Å². The summed E-state index contributed by atoms with van der Waals surface area (Å²) in [6, 6.07) is 98.1. The molecule has 0 saturated carbocycles. The van der Waals surface area contributed by atoms with E-state index >= 15 is 0 Å². The van der Waals surface area contributed by atoms with E-state index in [1.165, 1.54) is 121 Å². The van der Waals surface area contributed by atoms with Crippen LogP contribution in [0.15, 0.2) is 267 Å². The van der Waals surface area contributed by atoms with Crippen molar-refractivity contribution in [2.24, 2.45) is 0 Å². The van der Waals surface area contributed by atoms with E-state index in [2.05, 4.69) is 267 Å². The Morgan fingerprint density at radius 3 is 0.833 bits per heavy atom. The molecule has 12 rings (SSSR count). The highest BCUT2D eigenvalue weighted by Gasteiger charge is 2.23. The second-order valence-corrected chi connectivity index (χ2v) is 17.2. The molecular weight excluding hydrogens is 793 g/mol. The van der Waals surface area contributed by atoms with Gasteiger partial charge in [0.15, 0.2) is 0 Å². The maximum absolute atomic E-state index is 2.44. The fourth-order valence-electron chi connectivity index (χ4n) is 10.1. The van der Waals surface area contributed by atoms with Crippen molar-refractivity contribution in [1.29, 1.82) is 0 Å². The van der Waals surface area contributed by atoms with Crippen molar-refractivity contribution in [3.63, 3.8) is 0 Å². The monoisotopic (exact) mass is 836 g/mol. The van der Waals surface area contributed by atoms with Crippen molar-refractivity contribution < 1.29 is 0 Å². The molecule has 308 valence electrons. The molecule has 0 amide bonds. The van der Waals surface area contributed by atoms with Gasteiger partial charge in [-0.1, -0.05) is 231 Å². The molecule has 0 atom stereocenters. The predicted octanol–water partition coefficient (Wildman–Crippen LogP) is 18.5. The van der Waals surface area contributed by atoms with E-state index < -0.39 is 0 Å². The first kappa shape index (κ1) is 39.0. The van der Waals surface area contributed by atoms with E-state index in [0.29, 0.717) is 0 Å². The van der Waals surface area contributed by atoms with Gasteiger partial charge in [0.1, 0.15) is 0 Å². The third-order valence-corrected chi connectivity index (χ3v) is 13.2. The number of hydrogen-bond acceptors (Lipinski definition) is 0. The Balaban J connectivity index is 1.17. The predicted molar refractivity (Wildman–Crippen MR) is 282 cm³/mol. The van der Waals surface area contributed by atoms with Gasteiger partial charge in [0.05, 0.1) is 0 Å². The Morgan fingerprint density at radius 2 is 0.455 bits per heavy atom. The van der Waals surface area contributed by atoms with Crippen LogP contribution in [0.2, 0.25) is 0 Å². The first-order valence-corrected chi connectivity index (χ1v) is 22.8. The summed E-state index contributed by atoms with van der Waals surface area (Å²) < 4.78 is 0. The molecule has 0 bridgehead atoms. The molecule has 0 aromatic heterocycles. The van der Waals surface area contributed by atoms with Crippen LogP contribution in [0.4, 0.5) is 0 Å². The molecule has 0 aliphatic rings. The second kappa shape index (κ2) is 16.8. The summed E-state index contributed by atoms with van der Waals surface area (Å²) in [7, 11) is 0.